The first-order valence-electron chi connectivity index (χ1n) is 9.50. The maximum Gasteiger partial charge on any atom is 0.337 e. The van der Waals surface area contributed by atoms with Crippen molar-refractivity contribution >= 4 is 29.2 Å². The number of esters is 1. The topological polar surface area (TPSA) is 110 Å². The molecule has 0 spiro atoms. The second-order valence-corrected chi connectivity index (χ2v) is 7.09. The van der Waals surface area contributed by atoms with E-state index in [4.69, 9.17) is 9.26 Å². The van der Waals surface area contributed by atoms with Crippen molar-refractivity contribution < 1.29 is 33.1 Å². The average Bonchev–Trinajstić information content (AvgIpc) is 3.34. The Morgan fingerprint density at radius 1 is 1.09 bits per heavy atom. The molecule has 4 rings (SSSR count). The lowest BCUT2D eigenvalue weighted by atomic mass is 9.94. The van der Waals surface area contributed by atoms with Gasteiger partial charge in [-0.15, -0.1) is 0 Å². The van der Waals surface area contributed by atoms with Gasteiger partial charge in [0.25, 0.3) is 5.78 Å². The second kappa shape index (κ2) is 8.10. The highest BCUT2D eigenvalue weighted by atomic mass is 19.1. The fraction of sp³-hybridized carbons (Fsp3) is 0.130. The number of Topliss-reactive ketones (excluding diaryl/α,β-unsaturated/α-hetero) is 1. The summed E-state index contributed by atoms with van der Waals surface area (Å²) in [6, 6.07) is 11.3. The predicted molar refractivity (Wildman–Crippen MR) is 110 cm³/mol. The number of rotatable bonds is 4. The number of aliphatic hydroxyl groups is 1. The van der Waals surface area contributed by atoms with Crippen LogP contribution in [0.3, 0.4) is 0 Å². The number of aliphatic hydroxyl groups excluding tert-OH is 1. The van der Waals surface area contributed by atoms with Crippen LogP contribution in [0.15, 0.2) is 64.7 Å². The van der Waals surface area contributed by atoms with E-state index in [1.165, 1.54) is 37.4 Å². The molecule has 0 saturated carbocycles. The van der Waals surface area contributed by atoms with Crippen LogP contribution in [0.5, 0.6) is 0 Å². The molecule has 1 amide bonds. The second-order valence-electron chi connectivity index (χ2n) is 7.09. The number of aromatic nitrogens is 1. The molecule has 1 aromatic heterocycles. The Balaban J connectivity index is 1.90. The Morgan fingerprint density at radius 3 is 2.28 bits per heavy atom. The zero-order chi connectivity index (χ0) is 23.0. The van der Waals surface area contributed by atoms with E-state index in [0.717, 1.165) is 17.0 Å². The van der Waals surface area contributed by atoms with Gasteiger partial charge in [-0.05, 0) is 48.9 Å². The lowest BCUT2D eigenvalue weighted by Crippen LogP contribution is -2.29. The van der Waals surface area contributed by atoms with E-state index in [2.05, 4.69) is 5.16 Å². The van der Waals surface area contributed by atoms with Crippen molar-refractivity contribution in [3.63, 3.8) is 0 Å². The van der Waals surface area contributed by atoms with Gasteiger partial charge < -0.3 is 14.4 Å². The van der Waals surface area contributed by atoms with Crippen molar-refractivity contribution in [2.45, 2.75) is 13.0 Å². The number of ketones is 1. The van der Waals surface area contributed by atoms with Gasteiger partial charge in [-0.25, -0.2) is 9.18 Å². The van der Waals surface area contributed by atoms with E-state index in [1.807, 2.05) is 0 Å². The zero-order valence-corrected chi connectivity index (χ0v) is 17.0. The summed E-state index contributed by atoms with van der Waals surface area (Å²) in [4.78, 5) is 38.8. The first kappa shape index (κ1) is 21.0. The highest BCUT2D eigenvalue weighted by molar-refractivity contribution is 6.51. The van der Waals surface area contributed by atoms with Crippen LogP contribution in [0.2, 0.25) is 0 Å². The summed E-state index contributed by atoms with van der Waals surface area (Å²) in [7, 11) is 1.25. The number of nitrogens with zero attached hydrogens (tertiary/aromatic N) is 2. The van der Waals surface area contributed by atoms with Gasteiger partial charge in [0.1, 0.15) is 17.3 Å². The molecule has 0 bridgehead atoms. The monoisotopic (exact) mass is 436 g/mol. The van der Waals surface area contributed by atoms with Crippen LogP contribution in [-0.4, -0.2) is 35.0 Å². The van der Waals surface area contributed by atoms with Gasteiger partial charge in [0.05, 0.1) is 24.3 Å². The lowest BCUT2D eigenvalue weighted by molar-refractivity contribution is -0.132. The van der Waals surface area contributed by atoms with Crippen molar-refractivity contribution in [3.8, 4) is 0 Å². The van der Waals surface area contributed by atoms with Gasteiger partial charge in [0.2, 0.25) is 0 Å². The minimum Gasteiger partial charge on any atom is -0.507 e. The van der Waals surface area contributed by atoms with Crippen molar-refractivity contribution in [2.75, 3.05) is 12.0 Å². The minimum absolute atomic E-state index is 0.0878. The Hall–Kier alpha value is -4.27. The van der Waals surface area contributed by atoms with Crippen molar-refractivity contribution in [2.24, 2.45) is 0 Å². The van der Waals surface area contributed by atoms with Crippen LogP contribution in [0.1, 0.15) is 33.3 Å². The highest BCUT2D eigenvalue weighted by Crippen LogP contribution is 2.41. The van der Waals surface area contributed by atoms with Crippen LogP contribution in [0, 0.1) is 12.7 Å². The van der Waals surface area contributed by atoms with Gasteiger partial charge in [-0.3, -0.25) is 14.5 Å². The Kier molecular flexibility index (Phi) is 5.31. The highest BCUT2D eigenvalue weighted by Gasteiger charge is 2.48. The molecular weight excluding hydrogens is 419 g/mol. The third kappa shape index (κ3) is 3.53. The quantitative estimate of drug-likeness (QED) is 0.288. The van der Waals surface area contributed by atoms with Gasteiger partial charge in [-0.2, -0.15) is 0 Å². The van der Waals surface area contributed by atoms with Gasteiger partial charge in [0, 0.05) is 11.6 Å². The fourth-order valence-electron chi connectivity index (χ4n) is 3.53. The van der Waals surface area contributed by atoms with E-state index in [0.29, 0.717) is 11.3 Å². The smallest absolute Gasteiger partial charge is 0.337 e. The lowest BCUT2D eigenvalue weighted by Gasteiger charge is -2.23. The number of benzene rings is 2. The summed E-state index contributed by atoms with van der Waals surface area (Å²) >= 11 is 0. The summed E-state index contributed by atoms with van der Waals surface area (Å²) in [5.74, 6) is -2.88. The predicted octanol–water partition coefficient (Wildman–Crippen LogP) is 3.54. The molecule has 1 saturated heterocycles. The molecular formula is C23H17FN2O6. The Bertz CT molecular complexity index is 1240. The molecule has 0 radical (unpaired) electrons. The number of amides is 1. The molecule has 32 heavy (non-hydrogen) atoms. The summed E-state index contributed by atoms with van der Waals surface area (Å²) in [6.45, 7) is 1.63. The Labute approximate surface area is 181 Å². The van der Waals surface area contributed by atoms with Gasteiger partial charge >= 0.3 is 11.9 Å². The van der Waals surface area contributed by atoms with E-state index in [1.54, 1.807) is 19.1 Å². The molecule has 2 aromatic carbocycles. The van der Waals surface area contributed by atoms with Crippen LogP contribution in [-0.2, 0) is 14.3 Å². The normalized spacial score (nSPS) is 17.6. The van der Waals surface area contributed by atoms with Crippen LogP contribution in [0.4, 0.5) is 10.2 Å². The summed E-state index contributed by atoms with van der Waals surface area (Å²) in [5.41, 5.74) is 0.662. The SMILES string of the molecule is COC(=O)c1ccc([C@H]2C(=C(O)c3ccc(F)cc3)C(=O)C(=O)N2c2cc(C)on2)cc1. The molecule has 1 aliphatic rings. The van der Waals surface area contributed by atoms with Crippen LogP contribution in [0.25, 0.3) is 5.76 Å². The van der Waals surface area contributed by atoms with Gasteiger partial charge in [0.15, 0.2) is 5.82 Å². The van der Waals surface area contributed by atoms with E-state index in [9.17, 15) is 23.9 Å². The molecule has 0 unspecified atom stereocenters. The number of hydrogen-bond donors (Lipinski definition) is 1. The molecule has 0 aliphatic carbocycles. The number of ether oxygens (including phenoxy) is 1. The molecule has 162 valence electrons. The van der Waals surface area contributed by atoms with Crippen molar-refractivity contribution in [1.82, 2.24) is 5.16 Å². The summed E-state index contributed by atoms with van der Waals surface area (Å²) in [5, 5.41) is 14.8. The molecule has 1 aliphatic heterocycles. The number of hydrogen-bond acceptors (Lipinski definition) is 7. The first-order chi connectivity index (χ1) is 15.3. The molecule has 1 fully saturated rings. The number of carbonyl (C=O) groups is 3. The number of aryl methyl sites for hydroxylation is 1. The standard InChI is InChI=1S/C23H17FN2O6/c1-12-11-17(25-32-12)26-19(13-3-5-15(6-4-13)23(30)31-2)18(21(28)22(26)29)20(27)14-7-9-16(24)10-8-14/h3-11,19,27H,1-2H3/t19-/m0/s1. The molecule has 1 atom stereocenters. The maximum absolute atomic E-state index is 13.3. The maximum atomic E-state index is 13.3. The Morgan fingerprint density at radius 2 is 1.72 bits per heavy atom. The molecule has 3 aromatic rings. The number of halogens is 1. The van der Waals surface area contributed by atoms with Gasteiger partial charge in [-0.1, -0.05) is 17.3 Å². The molecule has 8 nitrogen and oxygen atoms in total. The van der Waals surface area contributed by atoms with Crippen LogP contribution < -0.4 is 4.90 Å². The molecule has 2 heterocycles. The number of carbonyl (C=O) groups excluding carboxylic acids is 3. The third-order valence-corrected chi connectivity index (χ3v) is 5.07. The summed E-state index contributed by atoms with van der Waals surface area (Å²) < 4.78 is 23.1. The van der Waals surface area contributed by atoms with E-state index < -0.39 is 35.3 Å². The third-order valence-electron chi connectivity index (χ3n) is 5.07. The summed E-state index contributed by atoms with van der Waals surface area (Å²) in [6.07, 6.45) is 0. The van der Waals surface area contributed by atoms with E-state index in [-0.39, 0.29) is 22.5 Å². The van der Waals surface area contributed by atoms with Crippen molar-refractivity contribution in [1.29, 1.82) is 0 Å². The number of methoxy groups -OCH3 is 1. The van der Waals surface area contributed by atoms with Crippen molar-refractivity contribution in [3.05, 3.63) is 88.4 Å². The zero-order valence-electron chi connectivity index (χ0n) is 17.0. The van der Waals surface area contributed by atoms with E-state index >= 15 is 0 Å². The largest absolute Gasteiger partial charge is 0.507 e. The fourth-order valence-corrected chi connectivity index (χ4v) is 3.53. The molecule has 9 heteroatoms. The number of anilines is 1. The van der Waals surface area contributed by atoms with Crippen LogP contribution >= 0.6 is 0 Å². The minimum atomic E-state index is -1.06. The first-order valence-corrected chi connectivity index (χ1v) is 9.50. The average molecular weight is 436 g/mol. The molecule has 1 N–H and O–H groups in total.